The molecule has 0 saturated heterocycles. The van der Waals surface area contributed by atoms with Gasteiger partial charge in [-0.05, 0) is 81.2 Å². The van der Waals surface area contributed by atoms with Crippen LogP contribution in [0.3, 0.4) is 0 Å². The minimum absolute atomic E-state index is 0.442. The maximum Gasteiger partial charge on any atom is 0.133 e. The van der Waals surface area contributed by atoms with Gasteiger partial charge < -0.3 is 4.90 Å². The molecule has 3 heterocycles. The van der Waals surface area contributed by atoms with Crippen LogP contribution in [0.2, 0.25) is 0 Å². The zero-order valence-electron chi connectivity index (χ0n) is 25.5. The molecule has 1 unspecified atom stereocenters. The summed E-state index contributed by atoms with van der Waals surface area (Å²) in [6.45, 7) is 0. The van der Waals surface area contributed by atoms with Crippen molar-refractivity contribution in [3.8, 4) is 0 Å². The highest BCUT2D eigenvalue weighted by atomic mass is 32.2. The lowest BCUT2D eigenvalue weighted by Gasteiger charge is -2.48. The van der Waals surface area contributed by atoms with Gasteiger partial charge in [0.2, 0.25) is 0 Å². The van der Waals surface area contributed by atoms with Gasteiger partial charge in [-0.1, -0.05) is 150 Å². The Kier molecular flexibility index (Phi) is 6.20. The van der Waals surface area contributed by atoms with Crippen molar-refractivity contribution >= 4 is 64.9 Å². The molecule has 0 bridgehead atoms. The fraction of sp³-hybridized carbons (Fsp3) is 0.0233. The predicted octanol–water partition coefficient (Wildman–Crippen LogP) is 9.03. The number of para-hydroxylation sites is 2. The maximum absolute atomic E-state index is 2.56. The van der Waals surface area contributed by atoms with E-state index in [2.05, 4.69) is 175 Å². The van der Waals surface area contributed by atoms with Crippen LogP contribution >= 0.6 is 23.5 Å². The second-order valence-electron chi connectivity index (χ2n) is 12.4. The van der Waals surface area contributed by atoms with Gasteiger partial charge in [0.05, 0.1) is 16.8 Å². The summed E-state index contributed by atoms with van der Waals surface area (Å²) in [5.74, 6) is 0. The Balaban J connectivity index is 1.34. The first-order chi connectivity index (χ1) is 23.3. The number of hydrogen-bond acceptors (Lipinski definition) is 3. The van der Waals surface area contributed by atoms with Gasteiger partial charge in [0, 0.05) is 25.3 Å². The monoisotopic (exact) mass is 651 g/mol. The molecular formula is C43H29NS2Si. The van der Waals surface area contributed by atoms with Crippen LogP contribution in [0, 0.1) is 0 Å². The molecule has 222 valence electrons. The lowest BCUT2D eigenvalue weighted by molar-refractivity contribution is 0.708. The molecule has 7 aromatic carbocycles. The first-order valence-corrected chi connectivity index (χ1v) is 19.5. The summed E-state index contributed by atoms with van der Waals surface area (Å²) in [6.07, 6.45) is 0. The molecule has 0 aromatic heterocycles. The summed E-state index contributed by atoms with van der Waals surface area (Å²) >= 11 is 3.77. The van der Waals surface area contributed by atoms with E-state index in [9.17, 15) is 0 Å². The average Bonchev–Trinajstić information content (AvgIpc) is 3.14. The molecule has 1 nitrogen and oxygen atoms in total. The van der Waals surface area contributed by atoms with E-state index in [0.717, 1.165) is 0 Å². The van der Waals surface area contributed by atoms with E-state index >= 15 is 0 Å². The molecule has 47 heavy (non-hydrogen) atoms. The first kappa shape index (κ1) is 27.4. The third-order valence-corrected chi connectivity index (χ3v) is 15.6. The Morgan fingerprint density at radius 2 is 0.894 bits per heavy atom. The highest BCUT2D eigenvalue weighted by Gasteiger charge is 2.51. The van der Waals surface area contributed by atoms with Crippen LogP contribution in [0.4, 0.5) is 17.1 Å². The third kappa shape index (κ3) is 3.93. The van der Waals surface area contributed by atoms with Crippen LogP contribution in [0.15, 0.2) is 189 Å². The summed E-state index contributed by atoms with van der Waals surface area (Å²) in [5, 5.41) is 4.48. The lowest BCUT2D eigenvalue weighted by Crippen LogP contribution is -2.62. The number of rotatable bonds is 2. The Labute approximate surface area is 285 Å². The molecule has 4 heteroatoms. The van der Waals surface area contributed by atoms with E-state index in [-0.39, 0.29) is 0 Å². The molecule has 10 rings (SSSR count). The fourth-order valence-corrected chi connectivity index (χ4v) is 14.0. The number of nitrogens with zero attached hydrogens (tertiary/aromatic N) is 1. The summed E-state index contributed by atoms with van der Waals surface area (Å²) in [4.78, 5) is 7.73. The van der Waals surface area contributed by atoms with Gasteiger partial charge in [0.25, 0.3) is 0 Å². The molecule has 0 saturated carbocycles. The molecule has 0 N–H and O–H groups in total. The maximum atomic E-state index is 2.56. The summed E-state index contributed by atoms with van der Waals surface area (Å²) in [7, 11) is -1.83. The lowest BCUT2D eigenvalue weighted by atomic mass is 9.64. The molecule has 0 amide bonds. The Morgan fingerprint density at radius 3 is 1.55 bits per heavy atom. The molecule has 0 fully saturated rings. The van der Waals surface area contributed by atoms with Gasteiger partial charge in [-0.3, -0.25) is 0 Å². The van der Waals surface area contributed by atoms with Crippen LogP contribution in [-0.4, -0.2) is 8.80 Å². The number of benzene rings is 7. The van der Waals surface area contributed by atoms with Crippen LogP contribution in [-0.2, 0) is 5.41 Å². The van der Waals surface area contributed by atoms with E-state index in [4.69, 9.17) is 0 Å². The van der Waals surface area contributed by atoms with E-state index in [0.29, 0.717) is 0 Å². The number of hydrogen-bond donors (Lipinski definition) is 0. The van der Waals surface area contributed by atoms with Crippen molar-refractivity contribution < 1.29 is 0 Å². The van der Waals surface area contributed by atoms with Crippen LogP contribution in [0.25, 0.3) is 0 Å². The SMILES string of the molecule is c1ccc([SiH]2c3ccccc3C3(c4ccccc4Sc4ccccc43)c3cc(N4c5ccccc5Sc5ccccc54)ccc32)cc1. The highest BCUT2D eigenvalue weighted by molar-refractivity contribution is 8.00. The Bertz CT molecular complexity index is 2260. The van der Waals surface area contributed by atoms with Crippen molar-refractivity contribution in [2.24, 2.45) is 0 Å². The smallest absolute Gasteiger partial charge is 0.133 e. The second kappa shape index (κ2) is 10.6. The van der Waals surface area contributed by atoms with Crippen molar-refractivity contribution in [1.82, 2.24) is 0 Å². The van der Waals surface area contributed by atoms with E-state index < -0.39 is 14.2 Å². The van der Waals surface area contributed by atoms with Crippen LogP contribution in [0.5, 0.6) is 0 Å². The summed E-state index contributed by atoms with van der Waals surface area (Å²) in [6, 6.07) is 64.0. The third-order valence-electron chi connectivity index (χ3n) is 10.1. The average molecular weight is 652 g/mol. The van der Waals surface area contributed by atoms with Gasteiger partial charge >= 0.3 is 0 Å². The van der Waals surface area contributed by atoms with Crippen molar-refractivity contribution in [3.05, 3.63) is 192 Å². The van der Waals surface area contributed by atoms with Crippen molar-refractivity contribution in [2.45, 2.75) is 25.0 Å². The Hall–Kier alpha value is -4.74. The fourth-order valence-electron chi connectivity index (χ4n) is 8.22. The normalized spacial score (nSPS) is 16.3. The number of anilines is 3. The molecule has 1 spiro atoms. The van der Waals surface area contributed by atoms with Crippen LogP contribution < -0.4 is 20.5 Å². The van der Waals surface area contributed by atoms with Gasteiger partial charge in [-0.15, -0.1) is 0 Å². The van der Waals surface area contributed by atoms with Gasteiger partial charge in [-0.2, -0.15) is 0 Å². The van der Waals surface area contributed by atoms with E-state index in [1.54, 1.807) is 0 Å². The molecule has 3 aliphatic heterocycles. The van der Waals surface area contributed by atoms with Crippen LogP contribution in [0.1, 0.15) is 22.3 Å². The van der Waals surface area contributed by atoms with Gasteiger partial charge in [0.15, 0.2) is 0 Å². The zero-order chi connectivity index (χ0) is 31.0. The largest absolute Gasteiger partial charge is 0.308 e. The standard InChI is InChI=1S/C43H29NS2Si/c1-2-14-30(15-3-1)47-41-25-13-6-18-33(41)43(31-16-4-9-21-37(31)45-38-22-10-5-17-32(38)43)34-28-29(26-27-42(34)47)44-35-19-7-11-23-39(35)46-40-24-12-8-20-36(40)44/h1-28,47H. The van der Waals surface area contributed by atoms with E-state index in [1.807, 2.05) is 23.5 Å². The summed E-state index contributed by atoms with van der Waals surface area (Å²) in [5.41, 5.74) is 8.84. The Morgan fingerprint density at radius 1 is 0.404 bits per heavy atom. The number of fused-ring (bicyclic) bond motifs is 10. The minimum atomic E-state index is -1.83. The van der Waals surface area contributed by atoms with E-state index in [1.165, 1.54) is 74.5 Å². The van der Waals surface area contributed by atoms with Gasteiger partial charge in [-0.25, -0.2) is 0 Å². The summed E-state index contributed by atoms with van der Waals surface area (Å²) < 4.78 is 0. The topological polar surface area (TPSA) is 3.24 Å². The zero-order valence-corrected chi connectivity index (χ0v) is 28.3. The molecule has 0 radical (unpaired) electrons. The minimum Gasteiger partial charge on any atom is -0.308 e. The molecular weight excluding hydrogens is 623 g/mol. The van der Waals surface area contributed by atoms with Gasteiger partial charge in [0.1, 0.15) is 8.80 Å². The van der Waals surface area contributed by atoms with Crippen molar-refractivity contribution in [1.29, 1.82) is 0 Å². The van der Waals surface area contributed by atoms with Crippen molar-refractivity contribution in [2.75, 3.05) is 4.90 Å². The highest BCUT2D eigenvalue weighted by Crippen LogP contribution is 2.57. The molecule has 7 aromatic rings. The predicted molar refractivity (Wildman–Crippen MR) is 200 cm³/mol. The molecule has 3 aliphatic rings. The molecule has 0 aliphatic carbocycles. The first-order valence-electron chi connectivity index (χ1n) is 16.1. The molecule has 1 atom stereocenters. The quantitative estimate of drug-likeness (QED) is 0.172. The van der Waals surface area contributed by atoms with Crippen molar-refractivity contribution in [3.63, 3.8) is 0 Å². The second-order valence-corrected chi connectivity index (χ2v) is 17.4.